The van der Waals surface area contributed by atoms with Crippen LogP contribution in [0.4, 0.5) is 5.82 Å². The normalized spacial score (nSPS) is 23.4. The van der Waals surface area contributed by atoms with E-state index in [-0.39, 0.29) is 17.1 Å². The number of imidazole rings is 1. The second-order valence-electron chi connectivity index (χ2n) is 7.07. The average molecular weight is 464 g/mol. The quantitative estimate of drug-likeness (QED) is 0.283. The van der Waals surface area contributed by atoms with E-state index in [4.69, 9.17) is 4.74 Å². The number of rotatable bonds is 6. The van der Waals surface area contributed by atoms with Crippen LogP contribution in [-0.2, 0) is 26.2 Å². The van der Waals surface area contributed by atoms with E-state index in [1.54, 1.807) is 6.07 Å². The first-order chi connectivity index (χ1) is 15.2. The second-order valence-corrected chi connectivity index (χ2v) is 8.49. The molecule has 13 nitrogen and oxygen atoms in total. The lowest BCUT2D eigenvalue weighted by Crippen LogP contribution is -2.41. The van der Waals surface area contributed by atoms with Gasteiger partial charge in [-0.2, -0.15) is 8.42 Å². The Balaban J connectivity index is 1.59. The summed E-state index contributed by atoms with van der Waals surface area (Å²) in [5.41, 5.74) is 1.17. The summed E-state index contributed by atoms with van der Waals surface area (Å²) in [6.07, 6.45) is -2.60. The molecule has 1 saturated heterocycles. The van der Waals surface area contributed by atoms with Crippen LogP contribution in [-0.4, -0.2) is 74.0 Å². The number of hydrogen-bond donors (Lipinski definition) is 5. The minimum atomic E-state index is -4.33. The number of aliphatic hydroxyl groups is 2. The van der Waals surface area contributed by atoms with Crippen LogP contribution >= 0.6 is 0 Å². The van der Waals surface area contributed by atoms with E-state index >= 15 is 0 Å². The number of amides is 1. The minimum Gasteiger partial charge on any atom is -0.387 e. The Morgan fingerprint density at radius 2 is 2.00 bits per heavy atom. The van der Waals surface area contributed by atoms with Crippen molar-refractivity contribution >= 4 is 33.0 Å². The van der Waals surface area contributed by atoms with Gasteiger partial charge in [-0.05, 0) is 17.7 Å². The van der Waals surface area contributed by atoms with Crippen molar-refractivity contribution in [2.24, 2.45) is 0 Å². The van der Waals surface area contributed by atoms with Gasteiger partial charge in [0, 0.05) is 13.6 Å². The van der Waals surface area contributed by atoms with E-state index in [1.165, 1.54) is 42.5 Å². The molecule has 32 heavy (non-hydrogen) atoms. The fraction of sp³-hybridized carbons (Fsp3) is 0.333. The maximum Gasteiger partial charge on any atom is 0.294 e. The predicted molar refractivity (Wildman–Crippen MR) is 109 cm³/mol. The molecule has 5 N–H and O–H groups in total. The lowest BCUT2D eigenvalue weighted by molar-refractivity contribution is -0.137. The van der Waals surface area contributed by atoms with E-state index in [2.05, 4.69) is 25.6 Å². The molecule has 0 unspecified atom stereocenters. The highest BCUT2D eigenvalue weighted by atomic mass is 32.2. The molecule has 1 fully saturated rings. The zero-order valence-corrected chi connectivity index (χ0v) is 17.5. The molecule has 0 saturated carbocycles. The van der Waals surface area contributed by atoms with Crippen molar-refractivity contribution in [3.63, 3.8) is 0 Å². The Hall–Kier alpha value is -3.17. The minimum absolute atomic E-state index is 0.169. The molecule has 3 aromatic rings. The van der Waals surface area contributed by atoms with Crippen molar-refractivity contribution in [1.29, 1.82) is 0 Å². The number of aromatic nitrogens is 4. The van der Waals surface area contributed by atoms with Crippen molar-refractivity contribution in [2.45, 2.75) is 36.0 Å². The van der Waals surface area contributed by atoms with Gasteiger partial charge in [0.05, 0.1) is 11.2 Å². The molecule has 170 valence electrons. The third kappa shape index (κ3) is 4.01. The number of carbonyl (C=O) groups excluding carboxylic acids is 1. The molecule has 1 amide bonds. The monoisotopic (exact) mass is 464 g/mol. The molecule has 0 radical (unpaired) electrons. The van der Waals surface area contributed by atoms with Crippen molar-refractivity contribution < 1.29 is 32.7 Å². The molecule has 1 aliphatic rings. The fourth-order valence-electron chi connectivity index (χ4n) is 3.42. The van der Waals surface area contributed by atoms with Gasteiger partial charge in [-0.1, -0.05) is 12.1 Å². The highest BCUT2D eigenvalue weighted by Crippen LogP contribution is 2.32. The number of aliphatic hydroxyl groups excluding tert-OH is 2. The molecule has 0 spiro atoms. The summed E-state index contributed by atoms with van der Waals surface area (Å²) in [6.45, 7) is 0.169. The number of anilines is 1. The van der Waals surface area contributed by atoms with Crippen molar-refractivity contribution in [1.82, 2.24) is 24.8 Å². The Morgan fingerprint density at radius 3 is 2.72 bits per heavy atom. The summed E-state index contributed by atoms with van der Waals surface area (Å²) in [4.78, 5) is 24.2. The van der Waals surface area contributed by atoms with Gasteiger partial charge in [0.25, 0.3) is 16.0 Å². The third-order valence-corrected chi connectivity index (χ3v) is 5.88. The average Bonchev–Trinajstić information content (AvgIpc) is 3.33. The van der Waals surface area contributed by atoms with Crippen LogP contribution in [0.2, 0.25) is 0 Å². The molecule has 1 aromatic carbocycles. The summed E-state index contributed by atoms with van der Waals surface area (Å²) < 4.78 is 38.8. The number of likely N-dealkylation sites (N-methyl/N-ethyl adjacent to an activating group) is 1. The summed E-state index contributed by atoms with van der Waals surface area (Å²) >= 11 is 0. The summed E-state index contributed by atoms with van der Waals surface area (Å²) in [5.74, 6) is -0.255. The number of ether oxygens (including phenoxy) is 1. The standard InChI is InChI=1S/C18H20N6O7S/c1-19-17(27)14-12(25)13(26)18(31-14)24-8-23-11-15(21-7-22-16(11)24)20-6-9-3-2-4-10(5-9)32(28,29)30/h2-5,7-8,12-14,18,25-26H,6H2,1H3,(H,19,27)(H,20,21,22)(H,28,29,30)/t12-,13+,14-,18+/m0/s1. The molecule has 2 aromatic heterocycles. The highest BCUT2D eigenvalue weighted by Gasteiger charge is 2.47. The summed E-state index contributed by atoms with van der Waals surface area (Å²) in [7, 11) is -2.94. The summed E-state index contributed by atoms with van der Waals surface area (Å²) in [5, 5.41) is 25.9. The molecular formula is C18H20N6O7S. The largest absolute Gasteiger partial charge is 0.387 e. The number of nitrogens with one attached hydrogen (secondary N) is 2. The van der Waals surface area contributed by atoms with E-state index in [0.717, 1.165) is 0 Å². The van der Waals surface area contributed by atoms with Gasteiger partial charge in [0.1, 0.15) is 18.5 Å². The smallest absolute Gasteiger partial charge is 0.294 e. The highest BCUT2D eigenvalue weighted by molar-refractivity contribution is 7.85. The Kier molecular flexibility index (Phi) is 5.79. The number of carbonyl (C=O) groups is 1. The molecule has 4 rings (SSSR count). The van der Waals surface area contributed by atoms with Crippen molar-refractivity contribution in [3.05, 3.63) is 42.5 Å². The number of benzene rings is 1. The van der Waals surface area contributed by atoms with Gasteiger partial charge in [0.15, 0.2) is 29.3 Å². The Morgan fingerprint density at radius 1 is 1.22 bits per heavy atom. The lowest BCUT2D eigenvalue weighted by atomic mass is 10.1. The van der Waals surface area contributed by atoms with E-state index in [0.29, 0.717) is 16.9 Å². The number of nitrogens with zero attached hydrogens (tertiary/aromatic N) is 4. The van der Waals surface area contributed by atoms with Crippen LogP contribution in [0, 0.1) is 0 Å². The lowest BCUT2D eigenvalue weighted by Gasteiger charge is -2.16. The van der Waals surface area contributed by atoms with Gasteiger partial charge in [-0.15, -0.1) is 0 Å². The van der Waals surface area contributed by atoms with Gasteiger partial charge in [-0.25, -0.2) is 15.0 Å². The number of fused-ring (bicyclic) bond motifs is 1. The van der Waals surface area contributed by atoms with Gasteiger partial charge >= 0.3 is 0 Å². The first-order valence-electron chi connectivity index (χ1n) is 9.41. The molecule has 1 aliphatic heterocycles. The van der Waals surface area contributed by atoms with E-state index in [1.807, 2.05) is 0 Å². The van der Waals surface area contributed by atoms with Crippen LogP contribution in [0.15, 0.2) is 41.8 Å². The summed E-state index contributed by atoms with van der Waals surface area (Å²) in [6, 6.07) is 5.76. The zero-order chi connectivity index (χ0) is 23.0. The maximum absolute atomic E-state index is 11.9. The Labute approximate surface area is 181 Å². The molecule has 0 aliphatic carbocycles. The van der Waals surface area contributed by atoms with Crippen LogP contribution in [0.3, 0.4) is 0 Å². The molecule has 4 atom stereocenters. The topological polar surface area (TPSA) is 189 Å². The molecule has 3 heterocycles. The zero-order valence-electron chi connectivity index (χ0n) is 16.7. The SMILES string of the molecule is CNC(=O)[C@H]1O[C@@H](n2cnc3c(NCc4cccc(S(=O)(=O)O)c4)ncnc32)[C@H](O)[C@@H]1O. The van der Waals surface area contributed by atoms with Gasteiger partial charge < -0.3 is 25.6 Å². The van der Waals surface area contributed by atoms with E-state index < -0.39 is 40.6 Å². The molecular weight excluding hydrogens is 444 g/mol. The third-order valence-electron chi connectivity index (χ3n) is 5.03. The fourth-order valence-corrected chi connectivity index (χ4v) is 3.97. The maximum atomic E-state index is 11.9. The second kappa shape index (κ2) is 8.40. The molecule has 14 heteroatoms. The first-order valence-corrected chi connectivity index (χ1v) is 10.9. The van der Waals surface area contributed by atoms with Crippen molar-refractivity contribution in [3.8, 4) is 0 Å². The first kappa shape index (κ1) is 22.0. The van der Waals surface area contributed by atoms with Gasteiger partial charge in [-0.3, -0.25) is 13.9 Å². The van der Waals surface area contributed by atoms with Crippen LogP contribution in [0.25, 0.3) is 11.2 Å². The van der Waals surface area contributed by atoms with Crippen molar-refractivity contribution in [2.75, 3.05) is 12.4 Å². The van der Waals surface area contributed by atoms with Crippen LogP contribution < -0.4 is 10.6 Å². The Bertz CT molecular complexity index is 1260. The van der Waals surface area contributed by atoms with Crippen LogP contribution in [0.5, 0.6) is 0 Å². The predicted octanol–water partition coefficient (Wildman–Crippen LogP) is -0.950. The van der Waals surface area contributed by atoms with Gasteiger partial charge in [0.2, 0.25) is 0 Å². The number of hydrogen-bond acceptors (Lipinski definition) is 10. The van der Waals surface area contributed by atoms with Crippen LogP contribution in [0.1, 0.15) is 11.8 Å². The van der Waals surface area contributed by atoms with E-state index in [9.17, 15) is 28.0 Å². The molecule has 0 bridgehead atoms.